The summed E-state index contributed by atoms with van der Waals surface area (Å²) in [6, 6.07) is 13.4. The molecule has 0 atom stereocenters. The maximum atomic E-state index is 8.79. The lowest BCUT2D eigenvalue weighted by atomic mass is 10.1. The van der Waals surface area contributed by atoms with Crippen molar-refractivity contribution in [3.05, 3.63) is 48.3 Å². The molecule has 16 heavy (non-hydrogen) atoms. The molecule has 1 aromatic carbocycles. The van der Waals surface area contributed by atoms with E-state index in [0.29, 0.717) is 5.69 Å². The van der Waals surface area contributed by atoms with Gasteiger partial charge in [-0.25, -0.2) is 4.98 Å². The normalized spacial score (nSPS) is 10.4. The van der Waals surface area contributed by atoms with Gasteiger partial charge in [0.25, 0.3) is 0 Å². The van der Waals surface area contributed by atoms with E-state index in [1.807, 2.05) is 36.4 Å². The van der Waals surface area contributed by atoms with Crippen LogP contribution in [0.5, 0.6) is 0 Å². The third kappa shape index (κ3) is 1.21. The van der Waals surface area contributed by atoms with E-state index in [1.54, 1.807) is 12.3 Å². The highest BCUT2D eigenvalue weighted by molar-refractivity contribution is 6.04. The van der Waals surface area contributed by atoms with Gasteiger partial charge in [-0.1, -0.05) is 6.07 Å². The molecular formula is C13H7N3. The lowest BCUT2D eigenvalue weighted by molar-refractivity contribution is 1.32. The molecule has 3 nitrogen and oxygen atoms in total. The number of aromatic nitrogens is 2. The van der Waals surface area contributed by atoms with Gasteiger partial charge in [-0.2, -0.15) is 5.26 Å². The second kappa shape index (κ2) is 3.28. The Hall–Kier alpha value is -2.47. The largest absolute Gasteiger partial charge is 0.256 e. The van der Waals surface area contributed by atoms with Crippen molar-refractivity contribution in [1.29, 1.82) is 5.26 Å². The van der Waals surface area contributed by atoms with Gasteiger partial charge in [0.2, 0.25) is 0 Å². The highest BCUT2D eigenvalue weighted by Crippen LogP contribution is 2.22. The summed E-state index contributed by atoms with van der Waals surface area (Å²) in [7, 11) is 0. The fourth-order valence-corrected chi connectivity index (χ4v) is 1.83. The quantitative estimate of drug-likeness (QED) is 0.530. The van der Waals surface area contributed by atoms with Crippen molar-refractivity contribution in [2.24, 2.45) is 0 Å². The van der Waals surface area contributed by atoms with Crippen LogP contribution in [0.1, 0.15) is 5.69 Å². The zero-order valence-corrected chi connectivity index (χ0v) is 8.38. The molecule has 0 bridgehead atoms. The van der Waals surface area contributed by atoms with Gasteiger partial charge >= 0.3 is 0 Å². The SMILES string of the molecule is N#Cc1ccc2c(ccc3ncccc32)n1. The van der Waals surface area contributed by atoms with Gasteiger partial charge in [0.15, 0.2) is 0 Å². The van der Waals surface area contributed by atoms with Crippen molar-refractivity contribution in [3.8, 4) is 6.07 Å². The summed E-state index contributed by atoms with van der Waals surface area (Å²) in [6.45, 7) is 0. The van der Waals surface area contributed by atoms with Crippen LogP contribution in [-0.2, 0) is 0 Å². The summed E-state index contributed by atoms with van der Waals surface area (Å²) in [5.41, 5.74) is 2.22. The first-order chi connectivity index (χ1) is 7.88. The molecule has 3 aromatic rings. The van der Waals surface area contributed by atoms with Crippen molar-refractivity contribution in [2.45, 2.75) is 0 Å². The number of rotatable bonds is 0. The van der Waals surface area contributed by atoms with Crippen molar-refractivity contribution in [2.75, 3.05) is 0 Å². The average molecular weight is 205 g/mol. The van der Waals surface area contributed by atoms with Crippen molar-refractivity contribution < 1.29 is 0 Å². The molecule has 3 rings (SSSR count). The van der Waals surface area contributed by atoms with Crippen LogP contribution in [0.25, 0.3) is 21.8 Å². The van der Waals surface area contributed by atoms with Crippen LogP contribution in [0.3, 0.4) is 0 Å². The maximum Gasteiger partial charge on any atom is 0.141 e. The Morgan fingerprint density at radius 2 is 1.75 bits per heavy atom. The highest BCUT2D eigenvalue weighted by Gasteiger charge is 2.02. The molecule has 0 aliphatic rings. The second-order valence-electron chi connectivity index (χ2n) is 3.51. The van der Waals surface area contributed by atoms with Gasteiger partial charge in [-0.3, -0.25) is 4.98 Å². The van der Waals surface area contributed by atoms with Gasteiger partial charge in [0, 0.05) is 17.0 Å². The van der Waals surface area contributed by atoms with Gasteiger partial charge in [0.1, 0.15) is 11.8 Å². The minimum Gasteiger partial charge on any atom is -0.256 e. The van der Waals surface area contributed by atoms with Gasteiger partial charge < -0.3 is 0 Å². The lowest BCUT2D eigenvalue weighted by Crippen LogP contribution is -1.86. The van der Waals surface area contributed by atoms with E-state index in [2.05, 4.69) is 9.97 Å². The fraction of sp³-hybridized carbons (Fsp3) is 0. The minimum absolute atomic E-state index is 0.441. The van der Waals surface area contributed by atoms with Crippen LogP contribution in [0.4, 0.5) is 0 Å². The molecule has 0 saturated carbocycles. The predicted molar refractivity (Wildman–Crippen MR) is 61.8 cm³/mol. The molecule has 2 aromatic heterocycles. The monoisotopic (exact) mass is 205 g/mol. The second-order valence-corrected chi connectivity index (χ2v) is 3.51. The standard InChI is InChI=1S/C13H7N3/c14-8-9-3-4-11-10-2-1-7-15-12(10)5-6-13(11)16-9/h1-7H. The van der Waals surface area contributed by atoms with E-state index >= 15 is 0 Å². The number of benzene rings is 1. The summed E-state index contributed by atoms with van der Waals surface area (Å²) in [5, 5.41) is 10.9. The van der Waals surface area contributed by atoms with Crippen LogP contribution in [0.15, 0.2) is 42.6 Å². The van der Waals surface area contributed by atoms with E-state index in [4.69, 9.17) is 5.26 Å². The molecular weight excluding hydrogens is 198 g/mol. The van der Waals surface area contributed by atoms with Crippen molar-refractivity contribution in [1.82, 2.24) is 9.97 Å². The zero-order chi connectivity index (χ0) is 11.0. The molecule has 74 valence electrons. The molecule has 0 saturated heterocycles. The summed E-state index contributed by atoms with van der Waals surface area (Å²) >= 11 is 0. The van der Waals surface area contributed by atoms with E-state index in [1.165, 1.54) is 0 Å². The molecule has 0 radical (unpaired) electrons. The van der Waals surface area contributed by atoms with Gasteiger partial charge in [0.05, 0.1) is 11.0 Å². The first-order valence-corrected chi connectivity index (χ1v) is 4.93. The molecule has 2 heterocycles. The number of fused-ring (bicyclic) bond motifs is 3. The number of hydrogen-bond donors (Lipinski definition) is 0. The Labute approximate surface area is 92.0 Å². The summed E-state index contributed by atoms with van der Waals surface area (Å²) < 4.78 is 0. The maximum absolute atomic E-state index is 8.79. The Kier molecular flexibility index (Phi) is 1.81. The van der Waals surface area contributed by atoms with E-state index < -0.39 is 0 Å². The number of nitriles is 1. The lowest BCUT2D eigenvalue weighted by Gasteiger charge is -2.01. The van der Waals surface area contributed by atoms with Crippen LogP contribution < -0.4 is 0 Å². The van der Waals surface area contributed by atoms with Crippen LogP contribution in [0, 0.1) is 11.3 Å². The molecule has 0 amide bonds. The Morgan fingerprint density at radius 1 is 0.938 bits per heavy atom. The summed E-state index contributed by atoms with van der Waals surface area (Å²) in [6.07, 6.45) is 1.77. The Morgan fingerprint density at radius 3 is 2.62 bits per heavy atom. The number of nitrogens with zero attached hydrogens (tertiary/aromatic N) is 3. The fourth-order valence-electron chi connectivity index (χ4n) is 1.83. The first kappa shape index (κ1) is 8.81. The molecule has 0 fully saturated rings. The average Bonchev–Trinajstić information content (AvgIpc) is 2.38. The zero-order valence-electron chi connectivity index (χ0n) is 8.38. The molecule has 0 aliphatic heterocycles. The van der Waals surface area contributed by atoms with Crippen molar-refractivity contribution in [3.63, 3.8) is 0 Å². The third-order valence-electron chi connectivity index (χ3n) is 2.57. The smallest absolute Gasteiger partial charge is 0.141 e. The first-order valence-electron chi connectivity index (χ1n) is 4.93. The summed E-state index contributed by atoms with van der Waals surface area (Å²) in [5.74, 6) is 0. The molecule has 0 N–H and O–H groups in total. The Bertz CT molecular complexity index is 726. The van der Waals surface area contributed by atoms with Crippen LogP contribution >= 0.6 is 0 Å². The van der Waals surface area contributed by atoms with E-state index in [9.17, 15) is 0 Å². The predicted octanol–water partition coefficient (Wildman–Crippen LogP) is 2.65. The molecule has 0 aliphatic carbocycles. The summed E-state index contributed by atoms with van der Waals surface area (Å²) in [4.78, 5) is 8.54. The Balaban J connectivity index is 2.49. The van der Waals surface area contributed by atoms with Gasteiger partial charge in [-0.15, -0.1) is 0 Å². The minimum atomic E-state index is 0.441. The van der Waals surface area contributed by atoms with Crippen molar-refractivity contribution >= 4 is 21.8 Å². The third-order valence-corrected chi connectivity index (χ3v) is 2.57. The highest BCUT2D eigenvalue weighted by atomic mass is 14.7. The van der Waals surface area contributed by atoms with Crippen LogP contribution in [0.2, 0.25) is 0 Å². The molecule has 3 heteroatoms. The number of pyridine rings is 2. The van der Waals surface area contributed by atoms with E-state index in [0.717, 1.165) is 21.8 Å². The molecule has 0 spiro atoms. The van der Waals surface area contributed by atoms with Crippen LogP contribution in [-0.4, -0.2) is 9.97 Å². The number of hydrogen-bond acceptors (Lipinski definition) is 3. The van der Waals surface area contributed by atoms with E-state index in [-0.39, 0.29) is 0 Å². The van der Waals surface area contributed by atoms with Gasteiger partial charge in [-0.05, 0) is 30.3 Å². The topological polar surface area (TPSA) is 49.6 Å². The molecule has 0 unspecified atom stereocenters.